The Balaban J connectivity index is 1.76. The molecule has 1 aliphatic heterocycles. The highest BCUT2D eigenvalue weighted by Gasteiger charge is 2.22. The van der Waals surface area contributed by atoms with Gasteiger partial charge in [0.15, 0.2) is 0 Å². The van der Waals surface area contributed by atoms with E-state index >= 15 is 0 Å². The van der Waals surface area contributed by atoms with Crippen LogP contribution in [0.2, 0.25) is 0 Å². The first-order valence-corrected chi connectivity index (χ1v) is 8.62. The Labute approximate surface area is 151 Å². The van der Waals surface area contributed by atoms with E-state index in [2.05, 4.69) is 18.2 Å². The number of hydrogen-bond donors (Lipinski definition) is 0. The molecule has 0 saturated carbocycles. The molecule has 130 valence electrons. The second-order valence-electron chi connectivity index (χ2n) is 5.97. The van der Waals surface area contributed by atoms with Crippen molar-refractivity contribution in [2.45, 2.75) is 12.8 Å². The first kappa shape index (κ1) is 16.1. The van der Waals surface area contributed by atoms with Gasteiger partial charge in [-0.3, -0.25) is 4.90 Å². The molecule has 0 unspecified atom stereocenters. The van der Waals surface area contributed by atoms with Crippen LogP contribution in [-0.2, 0) is 4.74 Å². The summed E-state index contributed by atoms with van der Waals surface area (Å²) in [5, 5.41) is 4.79. The summed E-state index contributed by atoms with van der Waals surface area (Å²) in [7, 11) is 0. The fourth-order valence-electron chi connectivity index (χ4n) is 3.15. The van der Waals surface area contributed by atoms with Crippen LogP contribution >= 0.6 is 0 Å². The lowest BCUT2D eigenvalue weighted by Crippen LogP contribution is -2.23. The highest BCUT2D eigenvalue weighted by atomic mass is 16.5. The van der Waals surface area contributed by atoms with Gasteiger partial charge in [-0.15, -0.1) is 0 Å². The van der Waals surface area contributed by atoms with Gasteiger partial charge in [-0.05, 0) is 19.1 Å². The molecule has 1 amide bonds. The summed E-state index contributed by atoms with van der Waals surface area (Å²) in [6, 6.07) is 16.2. The smallest absolute Gasteiger partial charge is 0.417 e. The van der Waals surface area contributed by atoms with Crippen molar-refractivity contribution in [1.82, 2.24) is 14.5 Å². The second kappa shape index (κ2) is 6.88. The molecule has 4 rings (SSSR count). The fourth-order valence-corrected chi connectivity index (χ4v) is 3.15. The minimum absolute atomic E-state index is 0.0239. The molecule has 0 atom stereocenters. The van der Waals surface area contributed by atoms with Gasteiger partial charge in [-0.1, -0.05) is 48.6 Å². The maximum atomic E-state index is 11.9. The van der Waals surface area contributed by atoms with Crippen LogP contribution in [0.15, 0.2) is 79.3 Å². The predicted octanol–water partition coefficient (Wildman–Crippen LogP) is 4.58. The topological polar surface area (TPSA) is 46.8 Å². The van der Waals surface area contributed by atoms with Gasteiger partial charge < -0.3 is 4.74 Å². The number of benzene rings is 1. The minimum Gasteiger partial charge on any atom is -0.449 e. The molecule has 3 aromatic rings. The summed E-state index contributed by atoms with van der Waals surface area (Å²) in [5.74, 6) is 0.0239. The molecule has 0 radical (unpaired) electrons. The third-order valence-corrected chi connectivity index (χ3v) is 4.35. The van der Waals surface area contributed by atoms with Crippen molar-refractivity contribution in [3.63, 3.8) is 0 Å². The number of carbonyl (C=O) groups is 1. The van der Waals surface area contributed by atoms with E-state index in [-0.39, 0.29) is 12.0 Å². The van der Waals surface area contributed by atoms with Gasteiger partial charge in [0.25, 0.3) is 0 Å². The summed E-state index contributed by atoms with van der Waals surface area (Å²) in [4.78, 5) is 13.3. The van der Waals surface area contributed by atoms with E-state index in [1.165, 1.54) is 4.90 Å². The van der Waals surface area contributed by atoms with E-state index in [0.29, 0.717) is 6.61 Å². The maximum Gasteiger partial charge on any atom is 0.417 e. The van der Waals surface area contributed by atoms with Crippen molar-refractivity contribution < 1.29 is 9.53 Å². The SMILES string of the molecule is CCOC(=O)N1C=CC(c2c(-c3ccccc3)nn3ccccc23)C=C1. The third-order valence-electron chi connectivity index (χ3n) is 4.35. The molecule has 0 saturated heterocycles. The zero-order valence-corrected chi connectivity index (χ0v) is 14.4. The van der Waals surface area contributed by atoms with E-state index in [1.54, 1.807) is 19.3 Å². The summed E-state index contributed by atoms with van der Waals surface area (Å²) < 4.78 is 6.94. The average Bonchev–Trinajstić information content (AvgIpc) is 3.08. The van der Waals surface area contributed by atoms with Crippen molar-refractivity contribution in [2.24, 2.45) is 0 Å². The Hall–Kier alpha value is -3.34. The summed E-state index contributed by atoms with van der Waals surface area (Å²) in [6.45, 7) is 2.15. The van der Waals surface area contributed by atoms with Gasteiger partial charge in [0.1, 0.15) is 0 Å². The van der Waals surface area contributed by atoms with Crippen LogP contribution in [0.5, 0.6) is 0 Å². The van der Waals surface area contributed by atoms with Gasteiger partial charge in [0.05, 0.1) is 17.8 Å². The molecule has 26 heavy (non-hydrogen) atoms. The molecule has 5 heteroatoms. The van der Waals surface area contributed by atoms with E-state index < -0.39 is 0 Å². The number of aromatic nitrogens is 2. The highest BCUT2D eigenvalue weighted by Crippen LogP contribution is 2.35. The molecule has 0 aliphatic carbocycles. The number of allylic oxidation sites excluding steroid dienone is 2. The molecule has 1 aromatic carbocycles. The molecule has 0 fully saturated rings. The molecule has 5 nitrogen and oxygen atoms in total. The molecular formula is C21H19N3O2. The summed E-state index contributed by atoms with van der Waals surface area (Å²) >= 11 is 0. The highest BCUT2D eigenvalue weighted by molar-refractivity contribution is 5.76. The molecule has 0 spiro atoms. The van der Waals surface area contributed by atoms with Crippen molar-refractivity contribution in [3.05, 3.63) is 84.8 Å². The zero-order valence-electron chi connectivity index (χ0n) is 14.4. The number of rotatable bonds is 3. The van der Waals surface area contributed by atoms with Crippen LogP contribution in [0.1, 0.15) is 18.4 Å². The molecule has 3 heterocycles. The fraction of sp³-hybridized carbons (Fsp3) is 0.143. The maximum absolute atomic E-state index is 11.9. The number of amides is 1. The third kappa shape index (κ3) is 2.88. The number of nitrogens with zero attached hydrogens (tertiary/aromatic N) is 3. The lowest BCUT2D eigenvalue weighted by Gasteiger charge is -2.20. The Kier molecular flexibility index (Phi) is 4.27. The standard InChI is InChI=1S/C21H19N3O2/c1-2-26-21(25)23-14-11-16(12-15-23)19-18-10-6-7-13-24(18)22-20(19)17-8-4-3-5-9-17/h3-16H,2H2,1H3. The number of ether oxygens (including phenoxy) is 1. The van der Waals surface area contributed by atoms with Crippen molar-refractivity contribution >= 4 is 11.6 Å². The Morgan fingerprint density at radius 3 is 2.54 bits per heavy atom. The summed E-state index contributed by atoms with van der Waals surface area (Å²) in [6.07, 6.45) is 9.07. The first-order valence-electron chi connectivity index (χ1n) is 8.62. The Morgan fingerprint density at radius 2 is 1.81 bits per heavy atom. The van der Waals surface area contributed by atoms with Gasteiger partial charge in [0.2, 0.25) is 0 Å². The molecule has 0 bridgehead atoms. The average molecular weight is 345 g/mol. The van der Waals surface area contributed by atoms with Crippen molar-refractivity contribution in [3.8, 4) is 11.3 Å². The van der Waals surface area contributed by atoms with Crippen LogP contribution in [-0.4, -0.2) is 27.2 Å². The van der Waals surface area contributed by atoms with Crippen LogP contribution < -0.4 is 0 Å². The zero-order chi connectivity index (χ0) is 17.9. The number of fused-ring (bicyclic) bond motifs is 1. The van der Waals surface area contributed by atoms with Crippen molar-refractivity contribution in [1.29, 1.82) is 0 Å². The second-order valence-corrected chi connectivity index (χ2v) is 5.97. The van der Waals surface area contributed by atoms with Crippen molar-refractivity contribution in [2.75, 3.05) is 6.61 Å². The molecule has 1 aliphatic rings. The van der Waals surface area contributed by atoms with Gasteiger partial charge in [-0.2, -0.15) is 5.10 Å². The molecule has 0 N–H and O–H groups in total. The van der Waals surface area contributed by atoms with Gasteiger partial charge >= 0.3 is 6.09 Å². The number of pyridine rings is 1. The molecule has 2 aromatic heterocycles. The minimum atomic E-state index is -0.374. The lowest BCUT2D eigenvalue weighted by molar-refractivity contribution is 0.133. The predicted molar refractivity (Wildman–Crippen MR) is 101 cm³/mol. The van der Waals surface area contributed by atoms with Crippen LogP contribution in [0.3, 0.4) is 0 Å². The van der Waals surface area contributed by atoms with Gasteiger partial charge in [0, 0.05) is 35.6 Å². The Bertz CT molecular complexity index is 975. The molecular weight excluding hydrogens is 326 g/mol. The quantitative estimate of drug-likeness (QED) is 0.698. The first-order chi connectivity index (χ1) is 12.8. The van der Waals surface area contributed by atoms with Gasteiger partial charge in [-0.25, -0.2) is 9.31 Å². The van der Waals surface area contributed by atoms with Crippen LogP contribution in [0, 0.1) is 0 Å². The number of carbonyl (C=O) groups excluding carboxylic acids is 1. The largest absolute Gasteiger partial charge is 0.449 e. The van der Waals surface area contributed by atoms with E-state index in [9.17, 15) is 4.79 Å². The van der Waals surface area contributed by atoms with E-state index in [1.807, 2.05) is 53.2 Å². The van der Waals surface area contributed by atoms with Crippen LogP contribution in [0.25, 0.3) is 16.8 Å². The van der Waals surface area contributed by atoms with E-state index in [0.717, 1.165) is 22.3 Å². The lowest BCUT2D eigenvalue weighted by atomic mass is 9.93. The number of hydrogen-bond acceptors (Lipinski definition) is 3. The Morgan fingerprint density at radius 1 is 1.08 bits per heavy atom. The summed E-state index contributed by atoms with van der Waals surface area (Å²) in [5.41, 5.74) is 4.18. The van der Waals surface area contributed by atoms with E-state index in [4.69, 9.17) is 9.84 Å². The monoisotopic (exact) mass is 345 g/mol. The normalized spacial score (nSPS) is 14.1. The van der Waals surface area contributed by atoms with Crippen LogP contribution in [0.4, 0.5) is 4.79 Å².